The van der Waals surface area contributed by atoms with Gasteiger partial charge in [-0.15, -0.1) is 0 Å². The van der Waals surface area contributed by atoms with Gasteiger partial charge >= 0.3 is 0 Å². The van der Waals surface area contributed by atoms with Crippen LogP contribution in [0.2, 0.25) is 0 Å². The van der Waals surface area contributed by atoms with Gasteiger partial charge in [0, 0.05) is 12.1 Å². The van der Waals surface area contributed by atoms with E-state index in [1.165, 1.54) is 18.2 Å². The molecule has 0 fully saturated rings. The summed E-state index contributed by atoms with van der Waals surface area (Å²) in [6.45, 7) is 5.62. The first kappa shape index (κ1) is 17.0. The monoisotopic (exact) mass is 344 g/mol. The van der Waals surface area contributed by atoms with Crippen molar-refractivity contribution in [1.82, 2.24) is 0 Å². The molecule has 1 heterocycles. The highest BCUT2D eigenvalue weighted by Crippen LogP contribution is 2.43. The molecule has 0 amide bonds. The van der Waals surface area contributed by atoms with Crippen LogP contribution in [0.3, 0.4) is 0 Å². The Morgan fingerprint density at radius 1 is 1.04 bits per heavy atom. The molecule has 0 saturated carbocycles. The lowest BCUT2D eigenvalue weighted by molar-refractivity contribution is 0.0841. The smallest absolute Gasteiger partial charge is 0.174 e. The molecule has 2 aromatic rings. The zero-order valence-corrected chi connectivity index (χ0v) is 14.2. The normalized spacial score (nSPS) is 16.9. The second-order valence-electron chi connectivity index (χ2n) is 7.01. The van der Waals surface area contributed by atoms with E-state index in [0.29, 0.717) is 11.3 Å². The van der Waals surface area contributed by atoms with Gasteiger partial charge in [0.25, 0.3) is 0 Å². The SMILES string of the molecule is CC(C)(C)Oc1cc(O)c2c(c1)OC(c1ccc(O)c(O)c1)CC2=O. The standard InChI is InChI=1S/C19H20O6/c1-19(2,3)25-11-7-14(22)18-15(23)9-16(24-17(18)8-11)10-4-5-12(20)13(21)6-10/h4-8,16,20-22H,9H2,1-3H3. The lowest BCUT2D eigenvalue weighted by Gasteiger charge is -2.28. The number of ketones is 1. The molecule has 3 rings (SSSR count). The number of hydrogen-bond acceptors (Lipinski definition) is 6. The summed E-state index contributed by atoms with van der Waals surface area (Å²) >= 11 is 0. The molecule has 0 bridgehead atoms. The Balaban J connectivity index is 1.97. The number of carbonyl (C=O) groups excluding carboxylic acids is 1. The average molecular weight is 344 g/mol. The number of phenolic OH excluding ortho intramolecular Hbond substituents is 3. The van der Waals surface area contributed by atoms with Crippen molar-refractivity contribution in [1.29, 1.82) is 0 Å². The van der Waals surface area contributed by atoms with Crippen molar-refractivity contribution in [2.24, 2.45) is 0 Å². The van der Waals surface area contributed by atoms with E-state index in [1.807, 2.05) is 20.8 Å². The van der Waals surface area contributed by atoms with Crippen molar-refractivity contribution in [2.45, 2.75) is 38.9 Å². The minimum Gasteiger partial charge on any atom is -0.507 e. The van der Waals surface area contributed by atoms with Gasteiger partial charge in [-0.1, -0.05) is 6.07 Å². The molecule has 6 heteroatoms. The fourth-order valence-corrected chi connectivity index (χ4v) is 2.75. The molecule has 25 heavy (non-hydrogen) atoms. The van der Waals surface area contributed by atoms with Crippen LogP contribution in [-0.2, 0) is 0 Å². The van der Waals surface area contributed by atoms with Crippen molar-refractivity contribution < 1.29 is 29.6 Å². The van der Waals surface area contributed by atoms with Crippen molar-refractivity contribution in [2.75, 3.05) is 0 Å². The molecule has 1 aliphatic heterocycles. The third-order valence-corrected chi connectivity index (χ3v) is 3.77. The highest BCUT2D eigenvalue weighted by molar-refractivity contribution is 6.02. The number of rotatable bonds is 2. The lowest BCUT2D eigenvalue weighted by Crippen LogP contribution is -2.24. The van der Waals surface area contributed by atoms with Gasteiger partial charge in [0.2, 0.25) is 0 Å². The van der Waals surface area contributed by atoms with Gasteiger partial charge in [0.1, 0.15) is 34.5 Å². The van der Waals surface area contributed by atoms with Crippen molar-refractivity contribution in [3.63, 3.8) is 0 Å². The van der Waals surface area contributed by atoms with Crippen LogP contribution in [-0.4, -0.2) is 26.7 Å². The summed E-state index contributed by atoms with van der Waals surface area (Å²) < 4.78 is 11.6. The Labute approximate surface area is 145 Å². The zero-order valence-electron chi connectivity index (χ0n) is 14.2. The minimum atomic E-state index is -0.629. The maximum atomic E-state index is 12.4. The molecule has 1 atom stereocenters. The molecule has 0 aliphatic carbocycles. The van der Waals surface area contributed by atoms with E-state index in [4.69, 9.17) is 9.47 Å². The number of Topliss-reactive ketones (excluding diaryl/α,β-unsaturated/α-hetero) is 1. The van der Waals surface area contributed by atoms with Gasteiger partial charge in [-0.2, -0.15) is 0 Å². The number of carbonyl (C=O) groups is 1. The maximum Gasteiger partial charge on any atom is 0.174 e. The van der Waals surface area contributed by atoms with Crippen LogP contribution < -0.4 is 9.47 Å². The topological polar surface area (TPSA) is 96.2 Å². The van der Waals surface area contributed by atoms with E-state index in [-0.39, 0.29) is 40.8 Å². The highest BCUT2D eigenvalue weighted by atomic mass is 16.5. The van der Waals surface area contributed by atoms with Crippen LogP contribution in [0.1, 0.15) is 49.2 Å². The molecule has 132 valence electrons. The average Bonchev–Trinajstić information content (AvgIpc) is 2.47. The van der Waals surface area contributed by atoms with E-state index in [9.17, 15) is 20.1 Å². The Hall–Kier alpha value is -2.89. The fraction of sp³-hybridized carbons (Fsp3) is 0.316. The molecule has 0 aromatic heterocycles. The summed E-state index contributed by atoms with van der Waals surface area (Å²) in [6.07, 6.45) is -0.611. The molecule has 1 aliphatic rings. The molecule has 3 N–H and O–H groups in total. The van der Waals surface area contributed by atoms with Crippen LogP contribution in [0.15, 0.2) is 30.3 Å². The Bertz CT molecular complexity index is 835. The highest BCUT2D eigenvalue weighted by Gasteiger charge is 2.31. The summed E-state index contributed by atoms with van der Waals surface area (Å²) in [5.74, 6) is -0.358. The first-order valence-corrected chi connectivity index (χ1v) is 7.92. The van der Waals surface area contributed by atoms with Gasteiger partial charge in [0.15, 0.2) is 17.3 Å². The Kier molecular flexibility index (Phi) is 3.99. The summed E-state index contributed by atoms with van der Waals surface area (Å²) in [6, 6.07) is 7.24. The minimum absolute atomic E-state index is 0.0181. The first-order valence-electron chi connectivity index (χ1n) is 7.92. The molecular formula is C19H20O6. The Morgan fingerprint density at radius 2 is 1.76 bits per heavy atom. The van der Waals surface area contributed by atoms with Gasteiger partial charge in [0.05, 0.1) is 6.42 Å². The third kappa shape index (κ3) is 3.47. The number of aromatic hydroxyl groups is 3. The molecule has 0 radical (unpaired) electrons. The summed E-state index contributed by atoms with van der Waals surface area (Å²) in [4.78, 5) is 12.4. The third-order valence-electron chi connectivity index (χ3n) is 3.77. The van der Waals surface area contributed by atoms with Crippen LogP contribution in [0.25, 0.3) is 0 Å². The number of hydrogen-bond donors (Lipinski definition) is 3. The summed E-state index contributed by atoms with van der Waals surface area (Å²) in [7, 11) is 0. The molecule has 0 saturated heterocycles. The van der Waals surface area contributed by atoms with E-state index in [0.717, 1.165) is 0 Å². The number of ether oxygens (including phenoxy) is 2. The second kappa shape index (κ2) is 5.88. The van der Waals surface area contributed by atoms with Crippen LogP contribution in [0.5, 0.6) is 28.7 Å². The maximum absolute atomic E-state index is 12.4. The first-order chi connectivity index (χ1) is 11.6. The molecule has 6 nitrogen and oxygen atoms in total. The van der Waals surface area contributed by atoms with Gasteiger partial charge < -0.3 is 24.8 Å². The number of benzene rings is 2. The summed E-state index contributed by atoms with van der Waals surface area (Å²) in [5.41, 5.74) is 0.207. The number of fused-ring (bicyclic) bond motifs is 1. The van der Waals surface area contributed by atoms with E-state index in [1.54, 1.807) is 12.1 Å². The predicted octanol–water partition coefficient (Wildman–Crippen LogP) is 3.69. The van der Waals surface area contributed by atoms with Gasteiger partial charge in [-0.3, -0.25) is 4.79 Å². The molecular weight excluding hydrogens is 324 g/mol. The van der Waals surface area contributed by atoms with Crippen LogP contribution >= 0.6 is 0 Å². The number of phenols is 3. The van der Waals surface area contributed by atoms with Gasteiger partial charge in [-0.05, 0) is 38.5 Å². The van der Waals surface area contributed by atoms with Crippen molar-refractivity contribution in [3.05, 3.63) is 41.5 Å². The van der Waals surface area contributed by atoms with E-state index in [2.05, 4.69) is 0 Å². The van der Waals surface area contributed by atoms with Crippen molar-refractivity contribution in [3.8, 4) is 28.7 Å². The Morgan fingerprint density at radius 3 is 2.40 bits per heavy atom. The molecule has 2 aromatic carbocycles. The quantitative estimate of drug-likeness (QED) is 0.719. The van der Waals surface area contributed by atoms with E-state index >= 15 is 0 Å². The van der Waals surface area contributed by atoms with Gasteiger partial charge in [-0.25, -0.2) is 0 Å². The fourth-order valence-electron chi connectivity index (χ4n) is 2.75. The van der Waals surface area contributed by atoms with Crippen LogP contribution in [0, 0.1) is 0 Å². The van der Waals surface area contributed by atoms with Crippen LogP contribution in [0.4, 0.5) is 0 Å². The summed E-state index contributed by atoms with van der Waals surface area (Å²) in [5, 5.41) is 29.3. The van der Waals surface area contributed by atoms with Crippen molar-refractivity contribution >= 4 is 5.78 Å². The predicted molar refractivity (Wildman–Crippen MR) is 90.6 cm³/mol. The molecule has 0 spiro atoms. The zero-order chi connectivity index (χ0) is 18.4. The lowest BCUT2D eigenvalue weighted by atomic mass is 9.95. The second-order valence-corrected chi connectivity index (χ2v) is 7.01. The van der Waals surface area contributed by atoms with E-state index < -0.39 is 11.7 Å². The molecule has 1 unspecified atom stereocenters. The largest absolute Gasteiger partial charge is 0.507 e.